The van der Waals surface area contributed by atoms with Gasteiger partial charge in [0.2, 0.25) is 5.78 Å². The molecule has 2 heterocycles. The Kier molecular flexibility index (Phi) is 4.16. The maximum absolute atomic E-state index is 12.8. The fraction of sp³-hybridized carbons (Fsp3) is 0.211. The topological polar surface area (TPSA) is 67.8 Å². The number of carbonyl (C=O) groups excluding carboxylic acids is 1. The van der Waals surface area contributed by atoms with Gasteiger partial charge >= 0.3 is 0 Å². The van der Waals surface area contributed by atoms with Crippen molar-refractivity contribution in [3.63, 3.8) is 0 Å². The van der Waals surface area contributed by atoms with Gasteiger partial charge in [-0.3, -0.25) is 9.59 Å². The number of hydrogen-bond acceptors (Lipinski definition) is 3. The maximum Gasteiger partial charge on any atom is 0.264 e. The Hall–Kier alpha value is -2.95. The standard InChI is InChI=1S/C19H19N3O2/c1-12-4-6-14(7-5-12)19(24)18-13(2)10-16(22(18)3)11-15-8-9-17(23)21-20-15/h4-10H,11H2,1-3H3,(H,21,23). The van der Waals surface area contributed by atoms with E-state index >= 15 is 0 Å². The zero-order valence-corrected chi connectivity index (χ0v) is 14.0. The van der Waals surface area contributed by atoms with E-state index in [4.69, 9.17) is 0 Å². The lowest BCUT2D eigenvalue weighted by Gasteiger charge is -2.08. The van der Waals surface area contributed by atoms with Crippen LogP contribution in [0, 0.1) is 13.8 Å². The molecule has 2 aromatic heterocycles. The Morgan fingerprint density at radius 1 is 1.12 bits per heavy atom. The van der Waals surface area contributed by atoms with E-state index in [1.165, 1.54) is 6.07 Å². The molecule has 0 aliphatic carbocycles. The monoisotopic (exact) mass is 321 g/mol. The van der Waals surface area contributed by atoms with Gasteiger partial charge in [0.05, 0.1) is 11.4 Å². The summed E-state index contributed by atoms with van der Waals surface area (Å²) in [5.74, 6) is 0.00989. The predicted octanol–water partition coefficient (Wildman–Crippen LogP) is 2.55. The second-order valence-electron chi connectivity index (χ2n) is 6.01. The highest BCUT2D eigenvalue weighted by molar-refractivity contribution is 6.09. The molecular weight excluding hydrogens is 302 g/mol. The number of rotatable bonds is 4. The number of nitrogens with zero attached hydrogens (tertiary/aromatic N) is 2. The minimum Gasteiger partial charge on any atom is -0.344 e. The number of hydrogen-bond donors (Lipinski definition) is 1. The van der Waals surface area contributed by atoms with Crippen molar-refractivity contribution in [2.45, 2.75) is 20.3 Å². The van der Waals surface area contributed by atoms with Crippen LogP contribution < -0.4 is 5.56 Å². The van der Waals surface area contributed by atoms with Crippen molar-refractivity contribution < 1.29 is 4.79 Å². The number of aromatic nitrogens is 3. The first-order valence-corrected chi connectivity index (χ1v) is 7.77. The normalized spacial score (nSPS) is 10.8. The molecule has 0 unspecified atom stereocenters. The summed E-state index contributed by atoms with van der Waals surface area (Å²) in [5, 5.41) is 6.46. The van der Waals surface area contributed by atoms with Gasteiger partial charge in [-0.15, -0.1) is 0 Å². The van der Waals surface area contributed by atoms with E-state index in [-0.39, 0.29) is 11.3 Å². The quantitative estimate of drug-likeness (QED) is 0.751. The molecule has 0 amide bonds. The molecule has 0 saturated heterocycles. The van der Waals surface area contributed by atoms with Gasteiger partial charge in [0, 0.05) is 30.8 Å². The summed E-state index contributed by atoms with van der Waals surface area (Å²) in [7, 11) is 1.88. The second-order valence-corrected chi connectivity index (χ2v) is 6.01. The Balaban J connectivity index is 1.94. The van der Waals surface area contributed by atoms with Crippen LogP contribution in [0.4, 0.5) is 0 Å². The molecule has 122 valence electrons. The van der Waals surface area contributed by atoms with E-state index in [0.29, 0.717) is 17.7 Å². The fourth-order valence-electron chi connectivity index (χ4n) is 2.82. The first-order chi connectivity index (χ1) is 11.5. The molecule has 0 fully saturated rings. The van der Waals surface area contributed by atoms with Crippen molar-refractivity contribution in [3.8, 4) is 0 Å². The van der Waals surface area contributed by atoms with Crippen LogP contribution in [-0.4, -0.2) is 20.5 Å². The Labute approximate surface area is 140 Å². The van der Waals surface area contributed by atoms with Crippen LogP contribution in [0.25, 0.3) is 0 Å². The lowest BCUT2D eigenvalue weighted by Crippen LogP contribution is -2.12. The number of ketones is 1. The first kappa shape index (κ1) is 15.9. The predicted molar refractivity (Wildman–Crippen MR) is 92.4 cm³/mol. The van der Waals surface area contributed by atoms with E-state index in [1.54, 1.807) is 6.07 Å². The Morgan fingerprint density at radius 3 is 2.46 bits per heavy atom. The molecule has 1 aromatic carbocycles. The minimum absolute atomic E-state index is 0.00989. The highest BCUT2D eigenvalue weighted by Crippen LogP contribution is 2.20. The van der Waals surface area contributed by atoms with Gasteiger partial charge in [0.25, 0.3) is 5.56 Å². The van der Waals surface area contributed by atoms with Crippen molar-refractivity contribution in [2.24, 2.45) is 7.05 Å². The average molecular weight is 321 g/mol. The molecule has 0 bridgehead atoms. The van der Waals surface area contributed by atoms with Crippen LogP contribution in [-0.2, 0) is 13.5 Å². The highest BCUT2D eigenvalue weighted by atomic mass is 16.1. The van der Waals surface area contributed by atoms with Crippen LogP contribution in [0.15, 0.2) is 47.3 Å². The average Bonchev–Trinajstić information content (AvgIpc) is 2.83. The zero-order valence-electron chi connectivity index (χ0n) is 14.0. The summed E-state index contributed by atoms with van der Waals surface area (Å²) in [6, 6.07) is 12.7. The first-order valence-electron chi connectivity index (χ1n) is 7.77. The van der Waals surface area contributed by atoms with Gasteiger partial charge in [0.1, 0.15) is 0 Å². The van der Waals surface area contributed by atoms with Crippen molar-refractivity contribution in [1.29, 1.82) is 0 Å². The molecule has 0 aliphatic rings. The maximum atomic E-state index is 12.8. The van der Waals surface area contributed by atoms with Gasteiger partial charge in [-0.05, 0) is 31.5 Å². The van der Waals surface area contributed by atoms with Crippen LogP contribution >= 0.6 is 0 Å². The summed E-state index contributed by atoms with van der Waals surface area (Å²) in [6.45, 7) is 3.93. The van der Waals surface area contributed by atoms with Crippen LogP contribution in [0.5, 0.6) is 0 Å². The third-order valence-electron chi connectivity index (χ3n) is 4.15. The molecule has 24 heavy (non-hydrogen) atoms. The molecule has 3 aromatic rings. The van der Waals surface area contributed by atoms with Gasteiger partial charge in [0.15, 0.2) is 0 Å². The third-order valence-corrected chi connectivity index (χ3v) is 4.15. The van der Waals surface area contributed by atoms with Crippen molar-refractivity contribution >= 4 is 5.78 Å². The molecule has 5 nitrogen and oxygen atoms in total. The number of H-pyrrole nitrogens is 1. The van der Waals surface area contributed by atoms with Crippen LogP contribution in [0.3, 0.4) is 0 Å². The zero-order chi connectivity index (χ0) is 17.3. The van der Waals surface area contributed by atoms with Gasteiger partial charge < -0.3 is 4.57 Å². The molecule has 0 aliphatic heterocycles. The largest absolute Gasteiger partial charge is 0.344 e. The van der Waals surface area contributed by atoms with Gasteiger partial charge in [-0.2, -0.15) is 5.10 Å². The lowest BCUT2D eigenvalue weighted by atomic mass is 10.0. The van der Waals surface area contributed by atoms with Crippen molar-refractivity contribution in [3.05, 3.63) is 86.6 Å². The molecule has 1 N–H and O–H groups in total. The van der Waals surface area contributed by atoms with Crippen molar-refractivity contribution in [2.75, 3.05) is 0 Å². The van der Waals surface area contributed by atoms with Crippen LogP contribution in [0.2, 0.25) is 0 Å². The summed E-state index contributed by atoms with van der Waals surface area (Å²) < 4.78 is 1.91. The molecule has 3 rings (SSSR count). The number of nitrogens with one attached hydrogen (secondary N) is 1. The molecule has 0 saturated carbocycles. The van der Waals surface area contributed by atoms with Gasteiger partial charge in [-0.25, -0.2) is 5.10 Å². The van der Waals surface area contributed by atoms with Crippen molar-refractivity contribution in [1.82, 2.24) is 14.8 Å². The molecule has 5 heteroatoms. The number of benzene rings is 1. The smallest absolute Gasteiger partial charge is 0.264 e. The summed E-state index contributed by atoms with van der Waals surface area (Å²) in [4.78, 5) is 23.9. The third kappa shape index (κ3) is 3.06. The Bertz CT molecular complexity index is 929. The lowest BCUT2D eigenvalue weighted by molar-refractivity contribution is 0.103. The summed E-state index contributed by atoms with van der Waals surface area (Å²) in [5.41, 5.74) is 4.92. The SMILES string of the molecule is Cc1ccc(C(=O)c2c(C)cc(Cc3ccc(=O)[nH]n3)n2C)cc1. The van der Waals surface area contributed by atoms with E-state index in [9.17, 15) is 9.59 Å². The fourth-order valence-corrected chi connectivity index (χ4v) is 2.82. The van der Waals surface area contributed by atoms with E-state index in [2.05, 4.69) is 10.2 Å². The van der Waals surface area contributed by atoms with Crippen LogP contribution in [0.1, 0.15) is 38.6 Å². The molecule has 0 atom stereocenters. The summed E-state index contributed by atoms with van der Waals surface area (Å²) >= 11 is 0. The van der Waals surface area contributed by atoms with Gasteiger partial charge in [-0.1, -0.05) is 29.8 Å². The number of carbonyl (C=O) groups is 1. The Morgan fingerprint density at radius 2 is 1.83 bits per heavy atom. The molecular formula is C19H19N3O2. The molecule has 0 spiro atoms. The highest BCUT2D eigenvalue weighted by Gasteiger charge is 2.18. The van der Waals surface area contributed by atoms with E-state index in [0.717, 1.165) is 22.5 Å². The second kappa shape index (κ2) is 6.28. The minimum atomic E-state index is -0.225. The molecule has 0 radical (unpaired) electrons. The number of aromatic amines is 1. The summed E-state index contributed by atoms with van der Waals surface area (Å²) in [6.07, 6.45) is 0.551. The number of aryl methyl sites for hydroxylation is 2. The van der Waals surface area contributed by atoms with E-state index in [1.807, 2.05) is 55.8 Å². The van der Waals surface area contributed by atoms with E-state index < -0.39 is 0 Å².